The summed E-state index contributed by atoms with van der Waals surface area (Å²) in [5, 5.41) is 0.321. The minimum absolute atomic E-state index is 0.00330. The summed E-state index contributed by atoms with van der Waals surface area (Å²) in [7, 11) is 0. The maximum Gasteiger partial charge on any atom is 0.274 e. The Morgan fingerprint density at radius 1 is 1.29 bits per heavy atom. The summed E-state index contributed by atoms with van der Waals surface area (Å²) in [5.41, 5.74) is 0.405. The summed E-state index contributed by atoms with van der Waals surface area (Å²) in [4.78, 5) is 22.2. The summed E-state index contributed by atoms with van der Waals surface area (Å²) in [6.45, 7) is 0.883. The van der Waals surface area contributed by atoms with Crippen LogP contribution >= 0.6 is 11.6 Å². The SMILES string of the molecule is O=C(c1cnc(Cl)cn1)N(CC1CC1)C1CC1. The summed E-state index contributed by atoms with van der Waals surface area (Å²) >= 11 is 5.67. The molecule has 2 aliphatic rings. The van der Waals surface area contributed by atoms with Crippen molar-refractivity contribution in [2.24, 2.45) is 5.92 Å². The topological polar surface area (TPSA) is 46.1 Å². The molecule has 0 unspecified atom stereocenters. The molecule has 0 aliphatic heterocycles. The maximum absolute atomic E-state index is 12.3. The van der Waals surface area contributed by atoms with E-state index >= 15 is 0 Å². The average molecular weight is 252 g/mol. The van der Waals surface area contributed by atoms with Crippen LogP contribution < -0.4 is 0 Å². The summed E-state index contributed by atoms with van der Waals surface area (Å²) < 4.78 is 0. The second-order valence-electron chi connectivity index (χ2n) is 4.86. The van der Waals surface area contributed by atoms with E-state index in [0.717, 1.165) is 19.4 Å². The van der Waals surface area contributed by atoms with Crippen LogP contribution in [-0.2, 0) is 0 Å². The molecule has 0 N–H and O–H groups in total. The average Bonchev–Trinajstić information content (AvgIpc) is 3.18. The molecule has 1 amide bonds. The monoisotopic (exact) mass is 251 g/mol. The molecule has 0 aromatic carbocycles. The molecule has 90 valence electrons. The Morgan fingerprint density at radius 3 is 2.59 bits per heavy atom. The van der Waals surface area contributed by atoms with Gasteiger partial charge >= 0.3 is 0 Å². The number of carbonyl (C=O) groups excluding carboxylic acids is 1. The molecule has 2 saturated carbocycles. The van der Waals surface area contributed by atoms with Gasteiger partial charge in [0.15, 0.2) is 0 Å². The van der Waals surface area contributed by atoms with Crippen molar-refractivity contribution in [3.8, 4) is 0 Å². The molecule has 17 heavy (non-hydrogen) atoms. The standard InChI is InChI=1S/C12H14ClN3O/c13-11-6-14-10(5-15-11)12(17)16(9-3-4-9)7-8-1-2-8/h5-6,8-9H,1-4,7H2. The van der Waals surface area contributed by atoms with E-state index in [9.17, 15) is 4.79 Å². The first-order valence-electron chi connectivity index (χ1n) is 6.02. The van der Waals surface area contributed by atoms with Gasteiger partial charge in [0.2, 0.25) is 0 Å². The lowest BCUT2D eigenvalue weighted by Gasteiger charge is -2.21. The third-order valence-electron chi connectivity index (χ3n) is 3.24. The fraction of sp³-hybridized carbons (Fsp3) is 0.583. The number of hydrogen-bond donors (Lipinski definition) is 0. The molecule has 2 fully saturated rings. The molecule has 0 spiro atoms. The Morgan fingerprint density at radius 2 is 2.06 bits per heavy atom. The van der Waals surface area contributed by atoms with Crippen molar-refractivity contribution in [1.29, 1.82) is 0 Å². The zero-order valence-corrected chi connectivity index (χ0v) is 10.2. The first-order chi connectivity index (χ1) is 8.24. The van der Waals surface area contributed by atoms with Gasteiger partial charge in [0, 0.05) is 12.6 Å². The molecule has 1 aromatic rings. The molecule has 0 bridgehead atoms. The zero-order chi connectivity index (χ0) is 11.8. The number of nitrogens with zero attached hydrogens (tertiary/aromatic N) is 3. The van der Waals surface area contributed by atoms with Gasteiger partial charge in [0.1, 0.15) is 10.8 Å². The number of halogens is 1. The lowest BCUT2D eigenvalue weighted by Crippen LogP contribution is -2.35. The van der Waals surface area contributed by atoms with Gasteiger partial charge in [-0.05, 0) is 31.6 Å². The molecule has 4 nitrogen and oxygen atoms in total. The van der Waals surface area contributed by atoms with Crippen molar-refractivity contribution < 1.29 is 4.79 Å². The summed E-state index contributed by atoms with van der Waals surface area (Å²) in [5.74, 6) is 0.711. The molecule has 1 aromatic heterocycles. The minimum atomic E-state index is 0.00330. The Labute approximate surface area is 105 Å². The van der Waals surface area contributed by atoms with Gasteiger partial charge < -0.3 is 4.90 Å². The van der Waals surface area contributed by atoms with E-state index in [1.54, 1.807) is 0 Å². The maximum atomic E-state index is 12.3. The van der Waals surface area contributed by atoms with Gasteiger partial charge in [-0.15, -0.1) is 0 Å². The van der Waals surface area contributed by atoms with Crippen LogP contribution in [-0.4, -0.2) is 33.4 Å². The van der Waals surface area contributed by atoms with E-state index in [0.29, 0.717) is 22.8 Å². The Bertz CT molecular complexity index is 426. The van der Waals surface area contributed by atoms with Crippen molar-refractivity contribution in [3.05, 3.63) is 23.2 Å². The smallest absolute Gasteiger partial charge is 0.274 e. The third kappa shape index (κ3) is 2.57. The Kier molecular flexibility index (Phi) is 2.74. The van der Waals surface area contributed by atoms with Gasteiger partial charge in [0.25, 0.3) is 5.91 Å². The van der Waals surface area contributed by atoms with E-state index in [4.69, 9.17) is 11.6 Å². The lowest BCUT2D eigenvalue weighted by molar-refractivity contribution is 0.0728. The highest BCUT2D eigenvalue weighted by molar-refractivity contribution is 6.29. The van der Waals surface area contributed by atoms with Crippen molar-refractivity contribution in [2.75, 3.05) is 6.54 Å². The predicted octanol–water partition coefficient (Wildman–Crippen LogP) is 2.14. The summed E-state index contributed by atoms with van der Waals surface area (Å²) in [6, 6.07) is 0.431. The van der Waals surface area contributed by atoms with Gasteiger partial charge in [-0.3, -0.25) is 4.79 Å². The largest absolute Gasteiger partial charge is 0.334 e. The number of aromatic nitrogens is 2. The predicted molar refractivity (Wildman–Crippen MR) is 63.8 cm³/mol. The highest BCUT2D eigenvalue weighted by Gasteiger charge is 2.37. The fourth-order valence-electron chi connectivity index (χ4n) is 1.93. The molecule has 3 rings (SSSR count). The fourth-order valence-corrected chi connectivity index (χ4v) is 2.03. The highest BCUT2D eigenvalue weighted by atomic mass is 35.5. The Balaban J connectivity index is 1.75. The quantitative estimate of drug-likeness (QED) is 0.824. The second-order valence-corrected chi connectivity index (χ2v) is 5.24. The van der Waals surface area contributed by atoms with Crippen molar-refractivity contribution >= 4 is 17.5 Å². The molecular formula is C12H14ClN3O. The molecule has 0 radical (unpaired) electrons. The van der Waals surface area contributed by atoms with Gasteiger partial charge in [0.05, 0.1) is 12.4 Å². The van der Waals surface area contributed by atoms with Crippen molar-refractivity contribution in [2.45, 2.75) is 31.7 Å². The van der Waals surface area contributed by atoms with E-state index in [1.807, 2.05) is 4.90 Å². The zero-order valence-electron chi connectivity index (χ0n) is 9.47. The highest BCUT2D eigenvalue weighted by Crippen LogP contribution is 2.35. The molecule has 1 heterocycles. The van der Waals surface area contributed by atoms with E-state index < -0.39 is 0 Å². The Hall–Kier alpha value is -1.16. The van der Waals surface area contributed by atoms with Crippen molar-refractivity contribution in [3.63, 3.8) is 0 Å². The minimum Gasteiger partial charge on any atom is -0.334 e. The molecule has 0 atom stereocenters. The van der Waals surface area contributed by atoms with Crippen LogP contribution in [0.25, 0.3) is 0 Å². The van der Waals surface area contributed by atoms with Crippen LogP contribution in [0.5, 0.6) is 0 Å². The van der Waals surface area contributed by atoms with Crippen LogP contribution in [0, 0.1) is 5.92 Å². The van der Waals surface area contributed by atoms with Crippen LogP contribution in [0.1, 0.15) is 36.2 Å². The summed E-state index contributed by atoms with van der Waals surface area (Å²) in [6.07, 6.45) is 7.65. The molecule has 2 aliphatic carbocycles. The van der Waals surface area contributed by atoms with Crippen molar-refractivity contribution in [1.82, 2.24) is 14.9 Å². The molecule has 0 saturated heterocycles. The first kappa shape index (κ1) is 11.0. The molecular weight excluding hydrogens is 238 g/mol. The van der Waals surface area contributed by atoms with Crippen LogP contribution in [0.15, 0.2) is 12.4 Å². The first-order valence-corrected chi connectivity index (χ1v) is 6.40. The van der Waals surface area contributed by atoms with Crippen LogP contribution in [0.2, 0.25) is 5.15 Å². The number of hydrogen-bond acceptors (Lipinski definition) is 3. The number of rotatable bonds is 4. The number of carbonyl (C=O) groups is 1. The van der Waals surface area contributed by atoms with Crippen LogP contribution in [0.4, 0.5) is 0 Å². The van der Waals surface area contributed by atoms with E-state index in [-0.39, 0.29) is 5.91 Å². The van der Waals surface area contributed by atoms with E-state index in [2.05, 4.69) is 9.97 Å². The van der Waals surface area contributed by atoms with Gasteiger partial charge in [-0.2, -0.15) is 0 Å². The molecule has 5 heteroatoms. The number of amides is 1. The normalized spacial score (nSPS) is 19.1. The second kappa shape index (κ2) is 4.26. The van der Waals surface area contributed by atoms with Gasteiger partial charge in [-0.25, -0.2) is 9.97 Å². The third-order valence-corrected chi connectivity index (χ3v) is 3.43. The van der Waals surface area contributed by atoms with Gasteiger partial charge in [-0.1, -0.05) is 11.6 Å². The van der Waals surface area contributed by atoms with E-state index in [1.165, 1.54) is 25.2 Å². The lowest BCUT2D eigenvalue weighted by atomic mass is 10.3. The van der Waals surface area contributed by atoms with Crippen LogP contribution in [0.3, 0.4) is 0 Å².